The first kappa shape index (κ1) is 15.8. The van der Waals surface area contributed by atoms with Crippen molar-refractivity contribution in [3.8, 4) is 0 Å². The number of rotatable bonds is 1. The molecule has 0 spiro atoms. The van der Waals surface area contributed by atoms with Crippen molar-refractivity contribution < 1.29 is 18.3 Å². The van der Waals surface area contributed by atoms with Crippen molar-refractivity contribution in [3.63, 3.8) is 0 Å². The van der Waals surface area contributed by atoms with E-state index in [1.165, 1.54) is 22.2 Å². The number of para-hydroxylation sites is 1. The molecule has 2 aliphatic rings. The lowest BCUT2D eigenvalue weighted by atomic mass is 10.1. The van der Waals surface area contributed by atoms with Crippen LogP contribution in [0.1, 0.15) is 11.1 Å². The first-order valence-electron chi connectivity index (χ1n) is 7.17. The van der Waals surface area contributed by atoms with Crippen LogP contribution in [0.15, 0.2) is 65.2 Å². The number of hydrogen-bond donors (Lipinski definition) is 2. The third kappa shape index (κ3) is 2.50. The van der Waals surface area contributed by atoms with Crippen molar-refractivity contribution in [2.75, 3.05) is 10.0 Å². The number of hydrogen-bond acceptors (Lipinski definition) is 5. The summed E-state index contributed by atoms with van der Waals surface area (Å²) in [6.07, 6.45) is -4.42. The van der Waals surface area contributed by atoms with Gasteiger partial charge in [0.05, 0.1) is 16.9 Å². The van der Waals surface area contributed by atoms with E-state index in [1.807, 2.05) is 0 Å². The molecule has 4 rings (SSSR count). The first-order chi connectivity index (χ1) is 11.9. The van der Waals surface area contributed by atoms with Crippen LogP contribution >= 0.6 is 11.6 Å². The van der Waals surface area contributed by atoms with Crippen LogP contribution in [0, 0.1) is 0 Å². The van der Waals surface area contributed by atoms with Gasteiger partial charge >= 0.3 is 6.18 Å². The van der Waals surface area contributed by atoms with Crippen LogP contribution in [0.5, 0.6) is 0 Å². The number of benzene rings is 2. The van der Waals surface area contributed by atoms with E-state index in [4.69, 9.17) is 11.6 Å². The Labute approximate surface area is 145 Å². The van der Waals surface area contributed by atoms with Crippen molar-refractivity contribution in [2.24, 2.45) is 4.99 Å². The van der Waals surface area contributed by atoms with Crippen molar-refractivity contribution in [1.29, 1.82) is 0 Å². The van der Waals surface area contributed by atoms with Gasteiger partial charge in [0.25, 0.3) is 5.88 Å². The van der Waals surface area contributed by atoms with Crippen molar-refractivity contribution in [2.45, 2.75) is 6.18 Å². The monoisotopic (exact) mass is 366 g/mol. The second-order valence-electron chi connectivity index (χ2n) is 5.38. The zero-order valence-corrected chi connectivity index (χ0v) is 13.2. The van der Waals surface area contributed by atoms with Gasteiger partial charge in [-0.1, -0.05) is 23.7 Å². The molecule has 0 fully saturated rings. The molecule has 0 aromatic heterocycles. The summed E-state index contributed by atoms with van der Waals surface area (Å²) in [5.74, 6) is -0.115. The van der Waals surface area contributed by atoms with Crippen LogP contribution in [0.25, 0.3) is 0 Å². The summed E-state index contributed by atoms with van der Waals surface area (Å²) >= 11 is 6.15. The molecule has 0 saturated heterocycles. The fraction of sp³-hybridized carbons (Fsp3) is 0.0625. The molecule has 0 unspecified atom stereocenters. The highest BCUT2D eigenvalue weighted by Crippen LogP contribution is 2.37. The lowest BCUT2D eigenvalue weighted by molar-refractivity contribution is -0.137. The normalized spacial score (nSPS) is 16.7. The molecule has 0 radical (unpaired) electrons. The summed E-state index contributed by atoms with van der Waals surface area (Å²) in [4.78, 5) is 4.15. The summed E-state index contributed by atoms with van der Waals surface area (Å²) < 4.78 is 38.1. The first-order valence-corrected chi connectivity index (χ1v) is 7.55. The summed E-state index contributed by atoms with van der Waals surface area (Å²) in [5.41, 5.74) is 3.77. The molecular weight excluding hydrogens is 357 g/mol. The molecule has 5 nitrogen and oxygen atoms in total. The Morgan fingerprint density at radius 2 is 1.68 bits per heavy atom. The van der Waals surface area contributed by atoms with E-state index in [2.05, 4.69) is 10.5 Å². The van der Waals surface area contributed by atoms with Gasteiger partial charge in [-0.25, -0.2) is 15.0 Å². The fourth-order valence-corrected chi connectivity index (χ4v) is 2.88. The van der Waals surface area contributed by atoms with Gasteiger partial charge in [0.2, 0.25) is 5.82 Å². The smallest absolute Gasteiger partial charge is 0.416 e. The van der Waals surface area contributed by atoms with Gasteiger partial charge in [0, 0.05) is 5.56 Å². The van der Waals surface area contributed by atoms with E-state index in [0.29, 0.717) is 16.9 Å². The van der Waals surface area contributed by atoms with Gasteiger partial charge in [0.15, 0.2) is 0 Å². The molecule has 0 bridgehead atoms. The maximum Gasteiger partial charge on any atom is 0.416 e. The summed E-state index contributed by atoms with van der Waals surface area (Å²) in [6.45, 7) is 0. The molecule has 0 saturated carbocycles. The molecule has 2 N–H and O–H groups in total. The quantitative estimate of drug-likeness (QED) is 0.796. The topological polar surface area (TPSA) is 51.1 Å². The van der Waals surface area contributed by atoms with E-state index < -0.39 is 11.7 Å². The number of hydrazine groups is 2. The van der Waals surface area contributed by atoms with Gasteiger partial charge in [0.1, 0.15) is 5.17 Å². The molecule has 0 atom stereocenters. The standard InChI is InChI=1S/C16H10ClF3N4O/c17-13-11-3-1-2-4-12(11)24-14(21-13)15(25)23(22-24)10-7-5-9(6-8-10)16(18,19)20/h1-8,22,25H. The van der Waals surface area contributed by atoms with E-state index in [0.717, 1.165) is 12.1 Å². The Morgan fingerprint density at radius 1 is 1.00 bits per heavy atom. The molecule has 0 amide bonds. The average molecular weight is 367 g/mol. The molecular formula is C16H10ClF3N4O. The Bertz CT molecular complexity index is 908. The minimum absolute atomic E-state index is 0.156. The Kier molecular flexibility index (Phi) is 3.41. The molecule has 9 heteroatoms. The van der Waals surface area contributed by atoms with Crippen molar-refractivity contribution >= 4 is 28.1 Å². The minimum Gasteiger partial charge on any atom is -0.491 e. The number of aliphatic imine (C=N–C) groups is 1. The maximum atomic E-state index is 12.7. The van der Waals surface area contributed by atoms with Crippen LogP contribution < -0.4 is 15.6 Å². The van der Waals surface area contributed by atoms with E-state index in [1.54, 1.807) is 24.3 Å². The van der Waals surface area contributed by atoms with Gasteiger partial charge in [-0.05, 0) is 36.4 Å². The lowest BCUT2D eigenvalue weighted by Crippen LogP contribution is -2.43. The van der Waals surface area contributed by atoms with Crippen molar-refractivity contribution in [1.82, 2.24) is 5.53 Å². The number of halogens is 4. The predicted octanol–water partition coefficient (Wildman–Crippen LogP) is 4.14. The Balaban J connectivity index is 1.72. The molecule has 0 aliphatic carbocycles. The third-order valence-corrected chi connectivity index (χ3v) is 4.14. The number of nitrogens with zero attached hydrogens (tertiary/aromatic N) is 3. The molecule has 2 aromatic rings. The predicted molar refractivity (Wildman–Crippen MR) is 88.0 cm³/mol. The highest BCUT2D eigenvalue weighted by Gasteiger charge is 2.36. The molecule has 2 aromatic carbocycles. The number of anilines is 2. The van der Waals surface area contributed by atoms with Gasteiger partial charge < -0.3 is 5.11 Å². The molecule has 128 valence electrons. The molecule has 25 heavy (non-hydrogen) atoms. The highest BCUT2D eigenvalue weighted by molar-refractivity contribution is 6.70. The van der Waals surface area contributed by atoms with Crippen LogP contribution in [0.2, 0.25) is 0 Å². The van der Waals surface area contributed by atoms with E-state index >= 15 is 0 Å². The van der Waals surface area contributed by atoms with Gasteiger partial charge in [-0.2, -0.15) is 13.2 Å². The summed E-state index contributed by atoms with van der Waals surface area (Å²) in [6, 6.07) is 11.5. The van der Waals surface area contributed by atoms with Gasteiger partial charge in [-0.3, -0.25) is 0 Å². The number of nitrogens with one attached hydrogen (secondary N) is 1. The Hall–Kier alpha value is -2.71. The molecule has 2 heterocycles. The SMILES string of the molecule is OC1=C2N=C(Cl)c3ccccc3N2NN1c1ccc(C(F)(F)F)cc1. The zero-order valence-electron chi connectivity index (χ0n) is 12.4. The average Bonchev–Trinajstić information content (AvgIpc) is 2.92. The molecule has 2 aliphatic heterocycles. The largest absolute Gasteiger partial charge is 0.491 e. The number of alkyl halides is 3. The van der Waals surface area contributed by atoms with Crippen LogP contribution in [0.3, 0.4) is 0 Å². The second kappa shape index (κ2) is 5.40. The van der Waals surface area contributed by atoms with Gasteiger partial charge in [-0.15, -0.1) is 5.53 Å². The highest BCUT2D eigenvalue weighted by atomic mass is 35.5. The zero-order chi connectivity index (χ0) is 17.8. The van der Waals surface area contributed by atoms with Crippen LogP contribution in [0.4, 0.5) is 24.5 Å². The Morgan fingerprint density at radius 3 is 2.36 bits per heavy atom. The van der Waals surface area contributed by atoms with Crippen LogP contribution in [-0.4, -0.2) is 10.3 Å². The fourth-order valence-electron chi connectivity index (χ4n) is 2.64. The van der Waals surface area contributed by atoms with E-state index in [9.17, 15) is 18.3 Å². The maximum absolute atomic E-state index is 12.7. The second-order valence-corrected chi connectivity index (χ2v) is 5.74. The van der Waals surface area contributed by atoms with Crippen molar-refractivity contribution in [3.05, 3.63) is 71.4 Å². The minimum atomic E-state index is -4.42. The number of aliphatic hydroxyl groups excluding tert-OH is 1. The summed E-state index contributed by atoms with van der Waals surface area (Å²) in [5, 5.41) is 13.4. The van der Waals surface area contributed by atoms with Crippen LogP contribution in [-0.2, 0) is 6.18 Å². The summed E-state index contributed by atoms with van der Waals surface area (Å²) in [7, 11) is 0. The third-order valence-electron chi connectivity index (χ3n) is 3.85. The lowest BCUT2D eigenvalue weighted by Gasteiger charge is -2.26. The number of fused-ring (bicyclic) bond motifs is 3. The number of aliphatic hydroxyl groups is 1. The van der Waals surface area contributed by atoms with E-state index in [-0.39, 0.29) is 16.9 Å².